The molecule has 17 nitrogen and oxygen atoms in total. The van der Waals surface area contributed by atoms with Gasteiger partial charge in [-0.1, -0.05) is 24.3 Å². The molecule has 2 saturated carbocycles. The van der Waals surface area contributed by atoms with E-state index in [0.29, 0.717) is 106 Å². The lowest BCUT2D eigenvalue weighted by atomic mass is 9.85. The Morgan fingerprint density at radius 2 is 1.11 bits per heavy atom. The summed E-state index contributed by atoms with van der Waals surface area (Å²) in [6, 6.07) is 8.65. The molecule has 4 aromatic rings. The third-order valence-electron chi connectivity index (χ3n) is 17.4. The molecular weight excluding hydrogens is 1080 g/mol. The van der Waals surface area contributed by atoms with E-state index < -0.39 is 35.6 Å². The van der Waals surface area contributed by atoms with Gasteiger partial charge in [-0.05, 0) is 135 Å². The number of carboxylic acids is 1. The number of likely N-dealkylation sites (tertiary alicyclic amines) is 2. The van der Waals surface area contributed by atoms with E-state index >= 15 is 0 Å². The molecule has 80 heavy (non-hydrogen) atoms. The molecule has 4 aliphatic carbocycles. The molecule has 2 aromatic carbocycles. The quantitative estimate of drug-likeness (QED) is 0.126. The first kappa shape index (κ1) is 59.0. The molecular formula is C56H69ClF6N8O9. The van der Waals surface area contributed by atoms with Crippen LogP contribution in [-0.2, 0) is 57.3 Å². The summed E-state index contributed by atoms with van der Waals surface area (Å²) < 4.78 is 93.7. The third kappa shape index (κ3) is 12.4. The number of aliphatic hydroxyl groups excluding tert-OH is 2. The molecule has 6 heterocycles. The van der Waals surface area contributed by atoms with Gasteiger partial charge in [-0.25, -0.2) is 4.79 Å². The Morgan fingerprint density at radius 1 is 0.650 bits per heavy atom. The lowest BCUT2D eigenvalue weighted by Gasteiger charge is -2.33. The molecule has 4 saturated heterocycles. The molecule has 3 amide bonds. The number of amides is 3. The number of carbonyl (C=O) groups is 4. The van der Waals surface area contributed by atoms with Gasteiger partial charge in [-0.2, -0.15) is 36.5 Å². The van der Waals surface area contributed by atoms with Gasteiger partial charge in [0.25, 0.3) is 5.91 Å². The second-order valence-electron chi connectivity index (χ2n) is 22.3. The summed E-state index contributed by atoms with van der Waals surface area (Å²) in [4.78, 5) is 56.3. The normalized spacial score (nSPS) is 24.2. The van der Waals surface area contributed by atoms with E-state index in [1.54, 1.807) is 36.2 Å². The van der Waals surface area contributed by atoms with Crippen molar-refractivity contribution in [1.29, 1.82) is 0 Å². The maximum Gasteiger partial charge on any atom is 0.416 e. The minimum Gasteiger partial charge on any atom is -0.476 e. The van der Waals surface area contributed by atoms with Crippen molar-refractivity contribution < 1.29 is 70.3 Å². The number of nitrogens with zero attached hydrogens (tertiary/aromatic N) is 7. The average Bonchev–Trinajstić information content (AvgIpc) is 4.40. The topological polar surface area (TPSA) is 205 Å². The highest BCUT2D eigenvalue weighted by atomic mass is 35.5. The smallest absolute Gasteiger partial charge is 0.416 e. The zero-order chi connectivity index (χ0) is 56.1. The molecule has 4 aliphatic heterocycles. The molecule has 2 aromatic heterocycles. The number of carbonyl (C=O) groups excluding carboxylic acids is 3. The number of hydrogen-bond donors (Lipinski definition) is 4. The highest BCUT2D eigenvalue weighted by Crippen LogP contribution is 2.58. The Morgan fingerprint density at radius 3 is 1.54 bits per heavy atom. The zero-order valence-corrected chi connectivity index (χ0v) is 45.6. The van der Waals surface area contributed by atoms with Crippen LogP contribution in [0.4, 0.5) is 26.3 Å². The zero-order valence-electron chi connectivity index (χ0n) is 44.7. The van der Waals surface area contributed by atoms with Crippen molar-refractivity contribution in [2.24, 2.45) is 11.8 Å². The van der Waals surface area contributed by atoms with Crippen LogP contribution in [0.5, 0.6) is 0 Å². The Kier molecular flexibility index (Phi) is 17.8. The Bertz CT molecular complexity index is 2930. The van der Waals surface area contributed by atoms with E-state index in [1.165, 1.54) is 26.0 Å². The predicted molar refractivity (Wildman–Crippen MR) is 280 cm³/mol. The van der Waals surface area contributed by atoms with Crippen LogP contribution in [0.25, 0.3) is 0 Å². The molecule has 6 atom stereocenters. The Balaban J connectivity index is 0.000000170. The van der Waals surface area contributed by atoms with Crippen LogP contribution >= 0.6 is 12.4 Å². The first-order chi connectivity index (χ1) is 37.7. The van der Waals surface area contributed by atoms with E-state index in [4.69, 9.17) is 14.6 Å². The average molecular weight is 1150 g/mol. The number of hydrogen-bond acceptors (Lipinski definition) is 11. The van der Waals surface area contributed by atoms with E-state index in [2.05, 4.69) is 15.5 Å². The van der Waals surface area contributed by atoms with Gasteiger partial charge in [-0.3, -0.25) is 23.7 Å². The van der Waals surface area contributed by atoms with Gasteiger partial charge in [0.2, 0.25) is 11.8 Å². The van der Waals surface area contributed by atoms with Crippen LogP contribution in [-0.4, -0.2) is 164 Å². The first-order valence-corrected chi connectivity index (χ1v) is 27.5. The molecule has 6 fully saturated rings. The molecule has 436 valence electrons. The van der Waals surface area contributed by atoms with Crippen LogP contribution in [0.3, 0.4) is 0 Å². The number of aromatic carboxylic acids is 1. The molecule has 12 rings (SSSR count). The number of piperidine rings is 2. The number of halogens is 7. The Labute approximate surface area is 465 Å². The number of aliphatic hydroxyl groups is 2. The number of aromatic nitrogens is 4. The minimum absolute atomic E-state index is 0. The van der Waals surface area contributed by atoms with Crippen molar-refractivity contribution in [2.75, 3.05) is 78.8 Å². The fourth-order valence-corrected chi connectivity index (χ4v) is 13.0. The van der Waals surface area contributed by atoms with Crippen molar-refractivity contribution in [2.45, 2.75) is 127 Å². The number of carboxylic acid groups (broad SMARTS) is 1. The molecule has 0 bridgehead atoms. The van der Waals surface area contributed by atoms with Crippen molar-refractivity contribution in [3.8, 4) is 0 Å². The maximum absolute atomic E-state index is 13.4. The van der Waals surface area contributed by atoms with Crippen molar-refractivity contribution in [3.05, 3.63) is 104 Å². The predicted octanol–water partition coefficient (Wildman–Crippen LogP) is 6.47. The summed E-state index contributed by atoms with van der Waals surface area (Å²) in [6.45, 7) is 8.45. The summed E-state index contributed by atoms with van der Waals surface area (Å²) >= 11 is 0. The number of ether oxygens (including phenoxy) is 2. The molecule has 4 N–H and O–H groups in total. The van der Waals surface area contributed by atoms with Gasteiger partial charge in [-0.15, -0.1) is 12.4 Å². The first-order valence-electron chi connectivity index (χ1n) is 27.5. The van der Waals surface area contributed by atoms with Gasteiger partial charge >= 0.3 is 18.3 Å². The Hall–Kier alpha value is -5.59. The van der Waals surface area contributed by atoms with Gasteiger partial charge in [0, 0.05) is 74.9 Å². The molecule has 0 radical (unpaired) electrons. The fraction of sp³-hybridized carbons (Fsp3) is 0.607. The largest absolute Gasteiger partial charge is 0.476 e. The number of morpholine rings is 2. The van der Waals surface area contributed by atoms with Crippen LogP contribution in [0.2, 0.25) is 0 Å². The van der Waals surface area contributed by atoms with Gasteiger partial charge in [0.15, 0.2) is 11.4 Å². The maximum atomic E-state index is 13.4. The van der Waals surface area contributed by atoms with Crippen molar-refractivity contribution in [1.82, 2.24) is 39.6 Å². The number of alkyl halides is 6. The summed E-state index contributed by atoms with van der Waals surface area (Å²) in [5, 5.41) is 39.4. The number of fused-ring (bicyclic) bond motifs is 6. The summed E-state index contributed by atoms with van der Waals surface area (Å²) in [5.41, 5.74) is 4.82. The highest BCUT2D eigenvalue weighted by molar-refractivity contribution is 5.95. The van der Waals surface area contributed by atoms with Crippen molar-refractivity contribution in [3.63, 3.8) is 0 Å². The summed E-state index contributed by atoms with van der Waals surface area (Å²) in [5.74, 6) is 0.0644. The van der Waals surface area contributed by atoms with Crippen LogP contribution in [0, 0.1) is 25.7 Å². The molecule has 0 unspecified atom stereocenters. The van der Waals surface area contributed by atoms with Gasteiger partial charge in [0.05, 0.1) is 49.8 Å². The van der Waals surface area contributed by atoms with E-state index in [0.717, 1.165) is 80.0 Å². The molecule has 0 spiro atoms. The lowest BCUT2D eigenvalue weighted by Crippen LogP contribution is -2.47. The monoisotopic (exact) mass is 1150 g/mol. The van der Waals surface area contributed by atoms with E-state index in [9.17, 15) is 55.7 Å². The molecule has 24 heteroatoms. The van der Waals surface area contributed by atoms with Gasteiger partial charge < -0.3 is 44.8 Å². The SMILES string of the molecule is Cc1c(C2CCN(C(=O)Cn3nc(C(=O)N4CCO[C@H](CO)C4)c4c3C[C@H]3C[C@@H]43)CC2)cccc1C(F)(F)F.Cc1c(C2CCN(C(=O)Cn3nc(C(=O)O)c4c3C[C@H]3C[C@@H]43)CC2)cccc1C(F)(F)F.Cl.OC[C@@H]1CNCCO1. The fourth-order valence-electron chi connectivity index (χ4n) is 13.0. The number of rotatable bonds is 10. The van der Waals surface area contributed by atoms with Crippen LogP contribution < -0.4 is 5.32 Å². The number of nitrogens with one attached hydrogen (secondary N) is 1. The molecule has 8 aliphatic rings. The van der Waals surface area contributed by atoms with Crippen molar-refractivity contribution >= 4 is 36.1 Å². The second kappa shape index (κ2) is 24.1. The highest BCUT2D eigenvalue weighted by Gasteiger charge is 2.52. The number of benzene rings is 2. The van der Waals surface area contributed by atoms with Crippen LogP contribution in [0.15, 0.2) is 36.4 Å². The van der Waals surface area contributed by atoms with E-state index in [-0.39, 0.29) is 97.1 Å². The van der Waals surface area contributed by atoms with E-state index in [1.807, 2.05) is 0 Å². The van der Waals surface area contributed by atoms with Crippen LogP contribution in [0.1, 0.15) is 139 Å². The third-order valence-corrected chi connectivity index (χ3v) is 17.4. The van der Waals surface area contributed by atoms with Gasteiger partial charge in [0.1, 0.15) is 13.1 Å². The standard InChI is InChI=1S/C28H33F3N4O4.C23H24F3N3O3.C5H11NO2.ClH/c1-16-20(3-2-4-22(16)28(29,30)31)17-5-7-33(8-6-17)24(37)14-35-23-12-18-11-21(18)25(23)26(32-35)27(38)34-9-10-39-19(13-34)15-36;1-12-15(3-2-4-17(12)23(24,25)26)13-5-7-28(8-6-13)19(30)11-29-18-10-14-9-16(14)20(18)21(27-29)22(31)32;7-4-5-3-6-1-2-8-5;/h2-4,17-19,21,36H,5-15H2,1H3;2-4,13-14,16H,5-11H2,1H3,(H,31,32);5-7H,1-4H2;1H/t18-,19+,21-;14-,16-;5-;/m110./s1. The summed E-state index contributed by atoms with van der Waals surface area (Å²) in [7, 11) is 0. The second-order valence-corrected chi connectivity index (χ2v) is 22.3. The minimum atomic E-state index is -4.38. The lowest BCUT2D eigenvalue weighted by molar-refractivity contribution is -0.139. The summed E-state index contributed by atoms with van der Waals surface area (Å²) in [6.07, 6.45) is -3.14.